The normalized spacial score (nSPS) is 31.4. The second kappa shape index (κ2) is 2.49. The summed E-state index contributed by atoms with van der Waals surface area (Å²) in [6.07, 6.45) is 0. The quantitative estimate of drug-likeness (QED) is 0.533. The molecule has 13 heavy (non-hydrogen) atoms. The van der Waals surface area contributed by atoms with Gasteiger partial charge in [-0.25, -0.2) is 0 Å². The van der Waals surface area contributed by atoms with E-state index < -0.39 is 0 Å². The van der Waals surface area contributed by atoms with E-state index in [9.17, 15) is 0 Å². The molecule has 0 radical (unpaired) electrons. The third-order valence-electron chi connectivity index (χ3n) is 6.25. The number of hydrogen-bond acceptors (Lipinski definition) is 0. The summed E-state index contributed by atoms with van der Waals surface area (Å²) in [5, 5.41) is 0. The maximum atomic E-state index is 2.40. The molecule has 1 heteroatoms. The van der Waals surface area contributed by atoms with Gasteiger partial charge in [0.25, 0.3) is 0 Å². The predicted octanol–water partition coefficient (Wildman–Crippen LogP) is 4.26. The van der Waals surface area contributed by atoms with Crippen molar-refractivity contribution in [2.45, 2.75) is 55.4 Å². The molecule has 0 unspecified atom stereocenters. The smallest absolute Gasteiger partial charge is 0.0241 e. The van der Waals surface area contributed by atoms with Gasteiger partial charge >= 0.3 is 0 Å². The molecule has 1 aliphatic rings. The maximum absolute atomic E-state index is 2.40. The van der Waals surface area contributed by atoms with E-state index in [2.05, 4.69) is 55.4 Å². The van der Waals surface area contributed by atoms with Crippen LogP contribution in [0.25, 0.3) is 0 Å². The minimum atomic E-state index is 0. The van der Waals surface area contributed by atoms with E-state index in [0.717, 1.165) is 0 Å². The third-order valence-corrected chi connectivity index (χ3v) is 6.25. The fourth-order valence-electron chi connectivity index (χ4n) is 3.06. The minimum absolute atomic E-state index is 0. The van der Waals surface area contributed by atoms with E-state index in [1.54, 1.807) is 0 Å². The van der Waals surface area contributed by atoms with Crippen molar-refractivity contribution in [3.8, 4) is 0 Å². The van der Waals surface area contributed by atoms with Crippen LogP contribution in [0.15, 0.2) is 0 Å². The van der Waals surface area contributed by atoms with Crippen molar-refractivity contribution >= 4 is 0 Å². The van der Waals surface area contributed by atoms with Crippen LogP contribution in [0.5, 0.6) is 0 Å². The van der Waals surface area contributed by atoms with Gasteiger partial charge in [-0.15, -0.1) is 0 Å². The van der Waals surface area contributed by atoms with Gasteiger partial charge in [-0.3, -0.25) is 4.70 Å². The average Bonchev–Trinajstić information content (AvgIpc) is 1.84. The average molecular weight is 188 g/mol. The Bertz CT molecular complexity index is 145. The van der Waals surface area contributed by atoms with Gasteiger partial charge in [0.2, 0.25) is 0 Å². The number of rotatable bonds is 0. The second-order valence-electron chi connectivity index (χ2n) is 6.50. The van der Waals surface area contributed by atoms with Crippen LogP contribution in [-0.4, -0.2) is 0 Å². The van der Waals surface area contributed by atoms with Crippen LogP contribution < -0.4 is 0 Å². The van der Waals surface area contributed by atoms with Gasteiger partial charge in [-0.1, -0.05) is 55.4 Å². The number of halogens is 1. The van der Waals surface area contributed by atoms with Crippen molar-refractivity contribution in [2.24, 2.45) is 21.7 Å². The molecule has 0 amide bonds. The van der Waals surface area contributed by atoms with E-state index in [4.69, 9.17) is 0 Å². The molecular formula is C12H25F. The summed E-state index contributed by atoms with van der Waals surface area (Å²) < 4.78 is 0. The van der Waals surface area contributed by atoms with Gasteiger partial charge < -0.3 is 0 Å². The molecule has 1 rings (SSSR count). The van der Waals surface area contributed by atoms with Crippen LogP contribution in [0.2, 0.25) is 0 Å². The lowest BCUT2D eigenvalue weighted by atomic mass is 9.28. The summed E-state index contributed by atoms with van der Waals surface area (Å²) in [6, 6.07) is 0. The Labute approximate surface area is 82.5 Å². The molecule has 0 N–H and O–H groups in total. The van der Waals surface area contributed by atoms with E-state index in [0.29, 0.717) is 21.7 Å². The summed E-state index contributed by atoms with van der Waals surface area (Å²) in [5.74, 6) is 0. The van der Waals surface area contributed by atoms with Gasteiger partial charge in [0.05, 0.1) is 0 Å². The van der Waals surface area contributed by atoms with E-state index in [1.165, 1.54) is 0 Å². The molecule has 0 aromatic carbocycles. The monoisotopic (exact) mass is 188 g/mol. The van der Waals surface area contributed by atoms with E-state index in [1.807, 2.05) is 0 Å². The van der Waals surface area contributed by atoms with Crippen LogP contribution in [-0.2, 0) is 0 Å². The summed E-state index contributed by atoms with van der Waals surface area (Å²) in [6.45, 7) is 19.2. The first-order valence-corrected chi connectivity index (χ1v) is 5.00. The lowest BCUT2D eigenvalue weighted by molar-refractivity contribution is -0.283. The summed E-state index contributed by atoms with van der Waals surface area (Å²) in [5.41, 5.74) is 1.79. The molecule has 0 aliphatic heterocycles. The van der Waals surface area contributed by atoms with Gasteiger partial charge in [-0.2, -0.15) is 0 Å². The Hall–Kier alpha value is -0.0700. The molecule has 0 saturated heterocycles. The van der Waals surface area contributed by atoms with Gasteiger partial charge in [0, 0.05) is 0 Å². The van der Waals surface area contributed by atoms with Crippen molar-refractivity contribution in [1.29, 1.82) is 0 Å². The molecule has 0 heterocycles. The zero-order valence-corrected chi connectivity index (χ0v) is 10.4. The van der Waals surface area contributed by atoms with Crippen LogP contribution >= 0.6 is 0 Å². The summed E-state index contributed by atoms with van der Waals surface area (Å²) in [4.78, 5) is 0. The highest BCUT2D eigenvalue weighted by Gasteiger charge is 2.71. The maximum Gasteiger partial charge on any atom is -0.0241 e. The van der Waals surface area contributed by atoms with Crippen LogP contribution in [0.3, 0.4) is 0 Å². The fourth-order valence-corrected chi connectivity index (χ4v) is 3.06. The first kappa shape index (κ1) is 12.9. The molecule has 1 saturated carbocycles. The van der Waals surface area contributed by atoms with Gasteiger partial charge in [0.1, 0.15) is 0 Å². The molecule has 80 valence electrons. The lowest BCUT2D eigenvalue weighted by Crippen LogP contribution is -2.70. The van der Waals surface area contributed by atoms with Crippen molar-refractivity contribution in [3.05, 3.63) is 0 Å². The zero-order chi connectivity index (χ0) is 10.0. The van der Waals surface area contributed by atoms with Gasteiger partial charge in [0.15, 0.2) is 0 Å². The highest BCUT2D eigenvalue weighted by Crippen LogP contribution is 2.77. The third kappa shape index (κ3) is 0.911. The minimum Gasteiger partial charge on any atom is -0.269 e. The lowest BCUT2D eigenvalue weighted by Gasteiger charge is -2.76. The molecule has 1 fully saturated rings. The Morgan fingerprint density at radius 1 is 0.385 bits per heavy atom. The molecule has 0 aromatic heterocycles. The zero-order valence-electron chi connectivity index (χ0n) is 10.4. The number of hydrogen-bond donors (Lipinski definition) is 0. The molecule has 0 spiro atoms. The Kier molecular flexibility index (Phi) is 2.48. The second-order valence-corrected chi connectivity index (χ2v) is 6.50. The van der Waals surface area contributed by atoms with Crippen molar-refractivity contribution in [1.82, 2.24) is 0 Å². The molecule has 0 aromatic rings. The van der Waals surface area contributed by atoms with Crippen LogP contribution in [0.4, 0.5) is 4.70 Å². The fraction of sp³-hybridized carbons (Fsp3) is 1.00. The molecule has 0 nitrogen and oxygen atoms in total. The van der Waals surface area contributed by atoms with Crippen molar-refractivity contribution < 1.29 is 4.70 Å². The standard InChI is InChI=1S/C12H24.FH/c1-9(2)10(3,4)12(7,8)11(9,5)6;/h1-8H3;1H. The first-order chi connectivity index (χ1) is 5.00. The summed E-state index contributed by atoms with van der Waals surface area (Å²) >= 11 is 0. The SMILES string of the molecule is CC1(C)C(C)(C)C(C)(C)C1(C)C.F. The van der Waals surface area contributed by atoms with E-state index >= 15 is 0 Å². The Morgan fingerprint density at radius 2 is 0.462 bits per heavy atom. The summed E-state index contributed by atoms with van der Waals surface area (Å²) in [7, 11) is 0. The van der Waals surface area contributed by atoms with Crippen molar-refractivity contribution in [2.75, 3.05) is 0 Å². The predicted molar refractivity (Wildman–Crippen MR) is 57.6 cm³/mol. The Morgan fingerprint density at radius 3 is 0.538 bits per heavy atom. The molecular weight excluding hydrogens is 163 g/mol. The highest BCUT2D eigenvalue weighted by atomic mass is 19.0. The van der Waals surface area contributed by atoms with Crippen molar-refractivity contribution in [3.63, 3.8) is 0 Å². The first-order valence-electron chi connectivity index (χ1n) is 5.00. The highest BCUT2D eigenvalue weighted by molar-refractivity contribution is 5.19. The van der Waals surface area contributed by atoms with E-state index in [-0.39, 0.29) is 4.70 Å². The molecule has 0 bridgehead atoms. The molecule has 1 aliphatic carbocycles. The Balaban J connectivity index is 0.00000144. The van der Waals surface area contributed by atoms with Gasteiger partial charge in [-0.05, 0) is 21.7 Å². The van der Waals surface area contributed by atoms with Crippen LogP contribution in [0, 0.1) is 21.7 Å². The molecule has 0 atom stereocenters. The van der Waals surface area contributed by atoms with Crippen LogP contribution in [0.1, 0.15) is 55.4 Å². The largest absolute Gasteiger partial charge is 0.269 e. The topological polar surface area (TPSA) is 0 Å².